The van der Waals surface area contributed by atoms with E-state index in [4.69, 9.17) is 6.57 Å². The number of aliphatic imine (C=N–C) groups is 1. The van der Waals surface area contributed by atoms with Gasteiger partial charge in [0.2, 0.25) is 12.6 Å². The highest BCUT2D eigenvalue weighted by atomic mass is 16.1. The van der Waals surface area contributed by atoms with E-state index < -0.39 is 0 Å². The maximum Gasteiger partial charge on any atom is 0.235 e. The molecule has 0 radical (unpaired) electrons. The highest BCUT2D eigenvalue weighted by Crippen LogP contribution is 2.34. The van der Waals surface area contributed by atoms with Crippen molar-refractivity contribution in [3.8, 4) is 0 Å². The predicted molar refractivity (Wildman–Crippen MR) is 50.0 cm³/mol. The van der Waals surface area contributed by atoms with Crippen molar-refractivity contribution in [1.29, 1.82) is 0 Å². The van der Waals surface area contributed by atoms with E-state index in [2.05, 4.69) is 9.84 Å². The van der Waals surface area contributed by atoms with Crippen LogP contribution < -0.4 is 0 Å². The Balaban J connectivity index is 2.47. The van der Waals surface area contributed by atoms with Crippen molar-refractivity contribution in [3.63, 3.8) is 0 Å². The van der Waals surface area contributed by atoms with E-state index in [0.29, 0.717) is 12.5 Å². The molecule has 3 nitrogen and oxygen atoms in total. The molecule has 0 saturated heterocycles. The van der Waals surface area contributed by atoms with E-state index in [-0.39, 0.29) is 5.54 Å². The molecule has 0 heterocycles. The van der Waals surface area contributed by atoms with Gasteiger partial charge in [-0.3, -0.25) is 0 Å². The smallest absolute Gasteiger partial charge is 0.235 e. The maximum absolute atomic E-state index is 10.1. The van der Waals surface area contributed by atoms with E-state index in [9.17, 15) is 4.79 Å². The van der Waals surface area contributed by atoms with Crippen molar-refractivity contribution < 1.29 is 4.79 Å². The van der Waals surface area contributed by atoms with Crippen LogP contribution in [0.15, 0.2) is 4.99 Å². The molecule has 13 heavy (non-hydrogen) atoms. The molecule has 0 aromatic rings. The number of hydrogen-bond acceptors (Lipinski definition) is 2. The molecule has 70 valence electrons. The van der Waals surface area contributed by atoms with Gasteiger partial charge in [-0.2, -0.15) is 4.99 Å². The van der Waals surface area contributed by atoms with Crippen LogP contribution in [0.1, 0.15) is 32.6 Å². The summed E-state index contributed by atoms with van der Waals surface area (Å²) >= 11 is 0. The Morgan fingerprint density at radius 1 is 1.62 bits per heavy atom. The third-order valence-electron chi connectivity index (χ3n) is 2.85. The van der Waals surface area contributed by atoms with Gasteiger partial charge in [0.05, 0.1) is 5.54 Å². The van der Waals surface area contributed by atoms with E-state index >= 15 is 0 Å². The van der Waals surface area contributed by atoms with Crippen molar-refractivity contribution in [1.82, 2.24) is 0 Å². The van der Waals surface area contributed by atoms with Gasteiger partial charge in [-0.05, 0) is 32.6 Å². The molecule has 0 amide bonds. The lowest BCUT2D eigenvalue weighted by atomic mass is 9.78. The molecule has 0 bridgehead atoms. The maximum atomic E-state index is 10.1. The van der Waals surface area contributed by atoms with Crippen LogP contribution in [0, 0.1) is 12.5 Å². The van der Waals surface area contributed by atoms with Crippen LogP contribution in [0.25, 0.3) is 4.85 Å². The zero-order chi connectivity index (χ0) is 9.73. The van der Waals surface area contributed by atoms with Crippen molar-refractivity contribution in [2.75, 3.05) is 6.54 Å². The monoisotopic (exact) mass is 178 g/mol. The number of rotatable bonds is 2. The fraction of sp³-hybridized carbons (Fsp3) is 0.800. The van der Waals surface area contributed by atoms with Gasteiger partial charge in [-0.25, -0.2) is 11.4 Å². The van der Waals surface area contributed by atoms with Crippen LogP contribution in [0.3, 0.4) is 0 Å². The van der Waals surface area contributed by atoms with Crippen LogP contribution in [-0.4, -0.2) is 18.2 Å². The molecule has 1 saturated carbocycles. The van der Waals surface area contributed by atoms with Crippen LogP contribution in [-0.2, 0) is 4.79 Å². The Kier molecular flexibility index (Phi) is 3.22. The number of nitrogens with zero attached hydrogens (tertiary/aromatic N) is 2. The lowest BCUT2D eigenvalue weighted by Gasteiger charge is -2.30. The van der Waals surface area contributed by atoms with Crippen LogP contribution >= 0.6 is 0 Å². The summed E-state index contributed by atoms with van der Waals surface area (Å²) in [5.41, 5.74) is -0.194. The Hall–Kier alpha value is -1.13. The summed E-state index contributed by atoms with van der Waals surface area (Å²) in [5, 5.41) is 0. The molecule has 0 aliphatic heterocycles. The summed E-state index contributed by atoms with van der Waals surface area (Å²) in [6.07, 6.45) is 5.51. The third kappa shape index (κ3) is 2.68. The molecule has 1 rings (SSSR count). The zero-order valence-electron chi connectivity index (χ0n) is 7.92. The minimum Gasteiger partial charge on any atom is -0.317 e. The molecular formula is C10H14N2O. The minimum atomic E-state index is -0.194. The summed E-state index contributed by atoms with van der Waals surface area (Å²) < 4.78 is 0. The second-order valence-electron chi connectivity index (χ2n) is 3.98. The molecule has 0 spiro atoms. The first kappa shape index (κ1) is 9.95. The zero-order valence-corrected chi connectivity index (χ0v) is 7.92. The summed E-state index contributed by atoms with van der Waals surface area (Å²) in [5.74, 6) is 0.521. The van der Waals surface area contributed by atoms with Gasteiger partial charge < -0.3 is 4.85 Å². The van der Waals surface area contributed by atoms with Gasteiger partial charge in [0.25, 0.3) is 0 Å². The Morgan fingerprint density at radius 2 is 2.23 bits per heavy atom. The van der Waals surface area contributed by atoms with E-state index in [1.165, 1.54) is 0 Å². The molecule has 0 aromatic heterocycles. The molecule has 1 fully saturated rings. The van der Waals surface area contributed by atoms with Crippen molar-refractivity contribution in [2.24, 2.45) is 10.9 Å². The molecule has 0 unspecified atom stereocenters. The number of hydrogen-bond donors (Lipinski definition) is 0. The summed E-state index contributed by atoms with van der Waals surface area (Å²) in [6, 6.07) is 0. The molecule has 3 heteroatoms. The van der Waals surface area contributed by atoms with Crippen LogP contribution in [0.5, 0.6) is 0 Å². The normalized spacial score (nSPS) is 33.1. The summed E-state index contributed by atoms with van der Waals surface area (Å²) in [4.78, 5) is 17.4. The SMILES string of the molecule is [C-]#[N+]CC1CCC(C)(N=C=O)CC1. The molecular weight excluding hydrogens is 164 g/mol. The first-order chi connectivity index (χ1) is 6.20. The number of isocyanates is 1. The van der Waals surface area contributed by atoms with E-state index in [1.54, 1.807) is 6.08 Å². The lowest BCUT2D eigenvalue weighted by molar-refractivity contribution is 0.263. The molecule has 0 atom stereocenters. The van der Waals surface area contributed by atoms with Crippen LogP contribution in [0.2, 0.25) is 0 Å². The fourth-order valence-corrected chi connectivity index (χ4v) is 1.83. The molecule has 1 aliphatic carbocycles. The third-order valence-corrected chi connectivity index (χ3v) is 2.85. The summed E-state index contributed by atoms with van der Waals surface area (Å²) in [6.45, 7) is 9.38. The van der Waals surface area contributed by atoms with Gasteiger partial charge >= 0.3 is 0 Å². The average molecular weight is 178 g/mol. The van der Waals surface area contributed by atoms with E-state index in [1.807, 2.05) is 6.92 Å². The standard InChI is InChI=1S/C10H14N2O/c1-10(12-8-13)5-3-9(4-6-10)7-11-2/h9H,3-7H2,1H3. The Bertz CT molecular complexity index is 253. The van der Waals surface area contributed by atoms with Gasteiger partial charge in [0.1, 0.15) is 0 Å². The van der Waals surface area contributed by atoms with E-state index in [0.717, 1.165) is 25.7 Å². The first-order valence-electron chi connectivity index (χ1n) is 4.62. The Labute approximate surface area is 78.7 Å². The lowest BCUT2D eigenvalue weighted by Crippen LogP contribution is -2.29. The van der Waals surface area contributed by atoms with Gasteiger partial charge in [-0.15, -0.1) is 0 Å². The molecule has 0 aromatic carbocycles. The Morgan fingerprint density at radius 3 is 2.69 bits per heavy atom. The predicted octanol–water partition coefficient (Wildman–Crippen LogP) is 2.19. The topological polar surface area (TPSA) is 33.8 Å². The second kappa shape index (κ2) is 4.20. The average Bonchev–Trinajstić information content (AvgIpc) is 2.10. The highest BCUT2D eigenvalue weighted by Gasteiger charge is 2.31. The van der Waals surface area contributed by atoms with Crippen molar-refractivity contribution >= 4 is 6.08 Å². The van der Waals surface area contributed by atoms with Crippen LogP contribution in [0.4, 0.5) is 0 Å². The van der Waals surface area contributed by atoms with Gasteiger partial charge in [0.15, 0.2) is 0 Å². The molecule has 0 N–H and O–H groups in total. The minimum absolute atomic E-state index is 0.194. The van der Waals surface area contributed by atoms with Crippen molar-refractivity contribution in [3.05, 3.63) is 11.4 Å². The highest BCUT2D eigenvalue weighted by molar-refractivity contribution is 5.34. The first-order valence-corrected chi connectivity index (χ1v) is 4.62. The summed E-state index contributed by atoms with van der Waals surface area (Å²) in [7, 11) is 0. The molecule has 1 aliphatic rings. The fourth-order valence-electron chi connectivity index (χ4n) is 1.83. The quantitative estimate of drug-likeness (QED) is 0.362. The van der Waals surface area contributed by atoms with Gasteiger partial charge in [0, 0.05) is 5.92 Å². The largest absolute Gasteiger partial charge is 0.317 e. The van der Waals surface area contributed by atoms with Crippen molar-refractivity contribution in [2.45, 2.75) is 38.1 Å². The number of carbonyl (C=O) groups excluding carboxylic acids is 1. The van der Waals surface area contributed by atoms with Gasteiger partial charge in [-0.1, -0.05) is 0 Å². The second-order valence-corrected chi connectivity index (χ2v) is 3.98.